The van der Waals surface area contributed by atoms with E-state index in [1.54, 1.807) is 14.2 Å². The lowest BCUT2D eigenvalue weighted by atomic mass is 10.1. The minimum Gasteiger partial charge on any atom is -0.493 e. The van der Waals surface area contributed by atoms with Crippen LogP contribution in [0.5, 0.6) is 11.5 Å². The van der Waals surface area contributed by atoms with Crippen LogP contribution in [-0.4, -0.2) is 23.8 Å². The first-order valence-electron chi connectivity index (χ1n) is 8.07. The van der Waals surface area contributed by atoms with E-state index in [-0.39, 0.29) is 0 Å². The molecule has 0 aliphatic rings. The van der Waals surface area contributed by atoms with Gasteiger partial charge >= 0.3 is 0 Å². The van der Waals surface area contributed by atoms with Crippen molar-refractivity contribution in [2.75, 3.05) is 14.2 Å². The number of hydrogen-bond donors (Lipinski definition) is 0. The molecule has 0 aliphatic carbocycles. The average Bonchev–Trinajstić information content (AvgIpc) is 3.07. The van der Waals surface area contributed by atoms with Crippen molar-refractivity contribution in [3.05, 3.63) is 72.8 Å². The zero-order valence-corrected chi connectivity index (χ0v) is 14.1. The van der Waals surface area contributed by atoms with Crippen molar-refractivity contribution in [3.8, 4) is 28.6 Å². The highest BCUT2D eigenvalue weighted by Gasteiger charge is 2.15. The Morgan fingerprint density at radius 1 is 0.760 bits per heavy atom. The minimum absolute atomic E-state index is 0.687. The van der Waals surface area contributed by atoms with E-state index in [1.165, 1.54) is 0 Å². The summed E-state index contributed by atoms with van der Waals surface area (Å²) in [4.78, 5) is 4.86. The number of imidazole rings is 1. The predicted octanol–water partition coefficient (Wildman–Crippen LogP) is 4.71. The van der Waals surface area contributed by atoms with Crippen LogP contribution in [0.2, 0.25) is 0 Å². The van der Waals surface area contributed by atoms with Gasteiger partial charge in [0.2, 0.25) is 0 Å². The summed E-state index contributed by atoms with van der Waals surface area (Å²) in [6.07, 6.45) is 0. The maximum Gasteiger partial charge on any atom is 0.161 e. The van der Waals surface area contributed by atoms with Gasteiger partial charge in [-0.3, -0.25) is 4.57 Å². The van der Waals surface area contributed by atoms with Crippen LogP contribution >= 0.6 is 0 Å². The predicted molar refractivity (Wildman–Crippen MR) is 99.6 cm³/mol. The van der Waals surface area contributed by atoms with E-state index in [2.05, 4.69) is 22.8 Å². The van der Waals surface area contributed by atoms with E-state index < -0.39 is 0 Å². The summed E-state index contributed by atoms with van der Waals surface area (Å²) in [5.41, 5.74) is 4.06. The summed E-state index contributed by atoms with van der Waals surface area (Å²) in [5, 5.41) is 0. The molecule has 4 rings (SSSR count). The molecule has 4 nitrogen and oxygen atoms in total. The standard InChI is InChI=1S/C21H18N2O2/c1-24-19-13-12-15(14-20(19)25-2)21-22-17-10-6-7-11-18(17)23(21)16-8-4-3-5-9-16/h3-14H,1-2H3. The van der Waals surface area contributed by atoms with Gasteiger partial charge < -0.3 is 9.47 Å². The van der Waals surface area contributed by atoms with Crippen LogP contribution < -0.4 is 9.47 Å². The molecule has 0 fully saturated rings. The minimum atomic E-state index is 0.687. The van der Waals surface area contributed by atoms with Gasteiger partial charge in [0.25, 0.3) is 0 Å². The largest absolute Gasteiger partial charge is 0.493 e. The van der Waals surface area contributed by atoms with Crippen LogP contribution in [0.25, 0.3) is 28.1 Å². The Morgan fingerprint density at radius 2 is 1.48 bits per heavy atom. The molecule has 0 unspecified atom stereocenters. The SMILES string of the molecule is COc1ccc(-c2nc3ccccc3n2-c2ccccc2)cc1OC. The van der Waals surface area contributed by atoms with E-state index in [9.17, 15) is 0 Å². The molecule has 0 radical (unpaired) electrons. The lowest BCUT2D eigenvalue weighted by Gasteiger charge is -2.12. The van der Waals surface area contributed by atoms with E-state index in [4.69, 9.17) is 14.5 Å². The Kier molecular flexibility index (Phi) is 3.86. The van der Waals surface area contributed by atoms with Gasteiger partial charge in [-0.05, 0) is 42.5 Å². The van der Waals surface area contributed by atoms with Crippen molar-refractivity contribution < 1.29 is 9.47 Å². The number of hydrogen-bond acceptors (Lipinski definition) is 3. The molecule has 0 bridgehead atoms. The van der Waals surface area contributed by atoms with Crippen molar-refractivity contribution >= 4 is 11.0 Å². The van der Waals surface area contributed by atoms with Gasteiger partial charge in [0.15, 0.2) is 11.5 Å². The summed E-state index contributed by atoms with van der Waals surface area (Å²) >= 11 is 0. The molecule has 0 N–H and O–H groups in total. The number of benzene rings is 3. The molecule has 4 aromatic rings. The van der Waals surface area contributed by atoms with Gasteiger partial charge in [0.05, 0.1) is 25.3 Å². The Balaban J connectivity index is 1.99. The second-order valence-corrected chi connectivity index (χ2v) is 5.66. The molecule has 0 atom stereocenters. The highest BCUT2D eigenvalue weighted by Crippen LogP contribution is 2.34. The molecule has 0 saturated carbocycles. The quantitative estimate of drug-likeness (QED) is 0.544. The molecule has 0 spiro atoms. The molecular weight excluding hydrogens is 312 g/mol. The van der Waals surface area contributed by atoms with Crippen molar-refractivity contribution in [1.82, 2.24) is 9.55 Å². The second kappa shape index (κ2) is 6.32. The number of methoxy groups -OCH3 is 2. The molecule has 0 amide bonds. The average molecular weight is 330 g/mol. The number of rotatable bonds is 4. The third-order valence-electron chi connectivity index (χ3n) is 4.22. The maximum atomic E-state index is 5.46. The van der Waals surface area contributed by atoms with Gasteiger partial charge in [-0.15, -0.1) is 0 Å². The Labute approximate surface area is 146 Å². The van der Waals surface area contributed by atoms with Gasteiger partial charge in [-0.25, -0.2) is 4.98 Å². The molecule has 0 aliphatic heterocycles. The fourth-order valence-electron chi connectivity index (χ4n) is 3.03. The molecular formula is C21H18N2O2. The van der Waals surface area contributed by atoms with Gasteiger partial charge in [-0.2, -0.15) is 0 Å². The van der Waals surface area contributed by atoms with Crippen molar-refractivity contribution in [2.45, 2.75) is 0 Å². The molecule has 1 aromatic heterocycles. The van der Waals surface area contributed by atoms with E-state index >= 15 is 0 Å². The van der Waals surface area contributed by atoms with Crippen LogP contribution in [0.3, 0.4) is 0 Å². The van der Waals surface area contributed by atoms with Gasteiger partial charge in [0.1, 0.15) is 5.82 Å². The lowest BCUT2D eigenvalue weighted by Crippen LogP contribution is -1.98. The summed E-state index contributed by atoms with van der Waals surface area (Å²) in [6, 6.07) is 24.2. The Hall–Kier alpha value is -3.27. The van der Waals surface area contributed by atoms with Crippen molar-refractivity contribution in [1.29, 1.82) is 0 Å². The molecule has 4 heteroatoms. The summed E-state index contributed by atoms with van der Waals surface area (Å²) in [6.45, 7) is 0. The third kappa shape index (κ3) is 2.62. The first-order chi connectivity index (χ1) is 12.3. The lowest BCUT2D eigenvalue weighted by molar-refractivity contribution is 0.355. The van der Waals surface area contributed by atoms with Gasteiger partial charge in [0, 0.05) is 11.3 Å². The summed E-state index contributed by atoms with van der Waals surface area (Å²) in [7, 11) is 3.28. The first-order valence-corrected chi connectivity index (χ1v) is 8.07. The maximum absolute atomic E-state index is 5.46. The fourth-order valence-corrected chi connectivity index (χ4v) is 3.03. The van der Waals surface area contributed by atoms with Crippen LogP contribution in [0.1, 0.15) is 0 Å². The van der Waals surface area contributed by atoms with Crippen LogP contribution in [-0.2, 0) is 0 Å². The number of ether oxygens (including phenoxy) is 2. The smallest absolute Gasteiger partial charge is 0.161 e. The Bertz CT molecular complexity index is 1020. The first kappa shape index (κ1) is 15.3. The zero-order valence-electron chi connectivity index (χ0n) is 14.1. The van der Waals surface area contributed by atoms with E-state index in [0.29, 0.717) is 11.5 Å². The second-order valence-electron chi connectivity index (χ2n) is 5.66. The molecule has 124 valence electrons. The highest BCUT2D eigenvalue weighted by atomic mass is 16.5. The Morgan fingerprint density at radius 3 is 2.24 bits per heavy atom. The van der Waals surface area contributed by atoms with Crippen LogP contribution in [0, 0.1) is 0 Å². The highest BCUT2D eigenvalue weighted by molar-refractivity contribution is 5.83. The third-order valence-corrected chi connectivity index (χ3v) is 4.22. The molecule has 1 heterocycles. The number of nitrogens with zero attached hydrogens (tertiary/aromatic N) is 2. The van der Waals surface area contributed by atoms with Crippen LogP contribution in [0.15, 0.2) is 72.8 Å². The van der Waals surface area contributed by atoms with Gasteiger partial charge in [-0.1, -0.05) is 30.3 Å². The normalized spacial score (nSPS) is 10.8. The summed E-state index contributed by atoms with van der Waals surface area (Å²) < 4.78 is 13.0. The van der Waals surface area contributed by atoms with E-state index in [0.717, 1.165) is 28.1 Å². The molecule has 3 aromatic carbocycles. The topological polar surface area (TPSA) is 36.3 Å². The monoisotopic (exact) mass is 330 g/mol. The summed E-state index contributed by atoms with van der Waals surface area (Å²) in [5.74, 6) is 2.26. The number of aromatic nitrogens is 2. The van der Waals surface area contributed by atoms with Crippen molar-refractivity contribution in [2.24, 2.45) is 0 Å². The van der Waals surface area contributed by atoms with Crippen LogP contribution in [0.4, 0.5) is 0 Å². The number of para-hydroxylation sites is 3. The fraction of sp³-hybridized carbons (Fsp3) is 0.0952. The molecule has 0 saturated heterocycles. The number of fused-ring (bicyclic) bond motifs is 1. The van der Waals surface area contributed by atoms with Crippen molar-refractivity contribution in [3.63, 3.8) is 0 Å². The van der Waals surface area contributed by atoms with E-state index in [1.807, 2.05) is 54.6 Å². The molecule has 25 heavy (non-hydrogen) atoms. The zero-order chi connectivity index (χ0) is 17.2.